The smallest absolute Gasteiger partial charge is 0.276 e. The van der Waals surface area contributed by atoms with E-state index in [0.29, 0.717) is 17.4 Å². The van der Waals surface area contributed by atoms with Crippen LogP contribution >= 0.6 is 35.1 Å². The van der Waals surface area contributed by atoms with Gasteiger partial charge in [-0.15, -0.1) is 33.9 Å². The van der Waals surface area contributed by atoms with Crippen molar-refractivity contribution in [3.63, 3.8) is 0 Å². The monoisotopic (exact) mass is 305 g/mol. The van der Waals surface area contributed by atoms with Gasteiger partial charge in [0, 0.05) is 11.9 Å². The van der Waals surface area contributed by atoms with Gasteiger partial charge in [-0.3, -0.25) is 10.1 Å². The molecule has 3 N–H and O–H groups in total. The van der Waals surface area contributed by atoms with Crippen LogP contribution in [-0.2, 0) is 13.0 Å². The number of thiazole rings is 1. The summed E-state index contributed by atoms with van der Waals surface area (Å²) >= 11 is 2.73. The molecular weight excluding hydrogens is 294 g/mol. The SMILES string of the molecule is CCc1nnc(NC(=O)c2csc(CN)n2)s1.Cl. The third kappa shape index (κ3) is 3.45. The van der Waals surface area contributed by atoms with Crippen LogP contribution in [0.2, 0.25) is 0 Å². The first-order valence-electron chi connectivity index (χ1n) is 5.01. The Morgan fingerprint density at radius 2 is 2.22 bits per heavy atom. The molecule has 2 heterocycles. The van der Waals surface area contributed by atoms with Crippen molar-refractivity contribution in [1.29, 1.82) is 0 Å². The first kappa shape index (κ1) is 15.0. The van der Waals surface area contributed by atoms with Crippen LogP contribution in [0.5, 0.6) is 0 Å². The van der Waals surface area contributed by atoms with Gasteiger partial charge in [0.25, 0.3) is 5.91 Å². The maximum atomic E-state index is 11.8. The summed E-state index contributed by atoms with van der Waals surface area (Å²) in [6.07, 6.45) is 0.807. The molecule has 6 nitrogen and oxygen atoms in total. The van der Waals surface area contributed by atoms with E-state index in [0.717, 1.165) is 16.4 Å². The number of anilines is 1. The summed E-state index contributed by atoms with van der Waals surface area (Å²) in [6.45, 7) is 2.33. The Morgan fingerprint density at radius 3 is 2.78 bits per heavy atom. The first-order chi connectivity index (χ1) is 8.22. The summed E-state index contributed by atoms with van der Waals surface area (Å²) in [7, 11) is 0. The molecule has 0 aromatic carbocycles. The Hall–Kier alpha value is -1.09. The highest BCUT2D eigenvalue weighted by atomic mass is 35.5. The molecule has 0 aliphatic heterocycles. The van der Waals surface area contributed by atoms with Crippen molar-refractivity contribution in [3.05, 3.63) is 21.1 Å². The van der Waals surface area contributed by atoms with Crippen LogP contribution in [0.4, 0.5) is 5.13 Å². The quantitative estimate of drug-likeness (QED) is 0.896. The average Bonchev–Trinajstić information content (AvgIpc) is 2.96. The number of aryl methyl sites for hydroxylation is 1. The van der Waals surface area contributed by atoms with Crippen molar-refractivity contribution in [1.82, 2.24) is 15.2 Å². The molecule has 9 heteroatoms. The fraction of sp³-hybridized carbons (Fsp3) is 0.333. The van der Waals surface area contributed by atoms with Crippen LogP contribution in [0, 0.1) is 0 Å². The maximum absolute atomic E-state index is 11.8. The van der Waals surface area contributed by atoms with E-state index in [-0.39, 0.29) is 18.3 Å². The minimum Gasteiger partial charge on any atom is -0.325 e. The average molecular weight is 306 g/mol. The zero-order valence-electron chi connectivity index (χ0n) is 9.54. The van der Waals surface area contributed by atoms with E-state index in [2.05, 4.69) is 20.5 Å². The number of rotatable bonds is 4. The largest absolute Gasteiger partial charge is 0.325 e. The molecule has 0 bridgehead atoms. The van der Waals surface area contributed by atoms with Gasteiger partial charge in [0.1, 0.15) is 15.7 Å². The predicted molar refractivity (Wildman–Crippen MR) is 74.5 cm³/mol. The van der Waals surface area contributed by atoms with Gasteiger partial charge in [-0.2, -0.15) is 0 Å². The van der Waals surface area contributed by atoms with E-state index >= 15 is 0 Å². The van der Waals surface area contributed by atoms with Crippen LogP contribution in [0.1, 0.15) is 27.4 Å². The van der Waals surface area contributed by atoms with E-state index in [1.54, 1.807) is 5.38 Å². The molecule has 0 aliphatic carbocycles. The molecule has 18 heavy (non-hydrogen) atoms. The minimum absolute atomic E-state index is 0. The zero-order chi connectivity index (χ0) is 12.3. The van der Waals surface area contributed by atoms with Crippen LogP contribution in [0.3, 0.4) is 0 Å². The molecule has 0 saturated heterocycles. The van der Waals surface area contributed by atoms with E-state index in [9.17, 15) is 4.79 Å². The number of nitrogens with zero attached hydrogens (tertiary/aromatic N) is 3. The fourth-order valence-corrected chi connectivity index (χ4v) is 2.45. The topological polar surface area (TPSA) is 93.8 Å². The lowest BCUT2D eigenvalue weighted by Gasteiger charge is -1.95. The Balaban J connectivity index is 0.00000162. The fourth-order valence-electron chi connectivity index (χ4n) is 1.12. The number of aromatic nitrogens is 3. The molecule has 98 valence electrons. The number of carbonyl (C=O) groups is 1. The van der Waals surface area contributed by atoms with E-state index in [1.807, 2.05) is 6.92 Å². The normalized spacial score (nSPS) is 9.89. The van der Waals surface area contributed by atoms with Crippen molar-refractivity contribution in [2.75, 3.05) is 5.32 Å². The Morgan fingerprint density at radius 1 is 1.44 bits per heavy atom. The second-order valence-electron chi connectivity index (χ2n) is 3.14. The summed E-state index contributed by atoms with van der Waals surface area (Å²) < 4.78 is 0. The van der Waals surface area contributed by atoms with Crippen molar-refractivity contribution in [3.8, 4) is 0 Å². The standard InChI is InChI=1S/C9H11N5OS2.ClH/c1-2-6-13-14-9(17-6)12-8(15)5-4-16-7(3-10)11-5;/h4H,2-3,10H2,1H3,(H,12,14,15);1H. The Bertz CT molecular complexity index is 527. The van der Waals surface area contributed by atoms with Crippen molar-refractivity contribution in [2.24, 2.45) is 5.73 Å². The number of halogens is 1. The Labute approximate surface area is 118 Å². The van der Waals surface area contributed by atoms with Gasteiger partial charge in [-0.05, 0) is 6.42 Å². The maximum Gasteiger partial charge on any atom is 0.276 e. The van der Waals surface area contributed by atoms with Gasteiger partial charge in [0.05, 0.1) is 0 Å². The minimum atomic E-state index is -0.278. The van der Waals surface area contributed by atoms with Gasteiger partial charge in [0.15, 0.2) is 0 Å². The summed E-state index contributed by atoms with van der Waals surface area (Å²) in [5.41, 5.74) is 5.80. The summed E-state index contributed by atoms with van der Waals surface area (Å²) in [5, 5.41) is 14.2. The highest BCUT2D eigenvalue weighted by molar-refractivity contribution is 7.15. The third-order valence-electron chi connectivity index (χ3n) is 1.95. The number of hydrogen-bond acceptors (Lipinski definition) is 7. The number of hydrogen-bond donors (Lipinski definition) is 2. The van der Waals surface area contributed by atoms with E-state index in [4.69, 9.17) is 5.73 Å². The molecule has 2 aromatic rings. The molecule has 2 aromatic heterocycles. The highest BCUT2D eigenvalue weighted by Gasteiger charge is 2.12. The number of nitrogens with one attached hydrogen (secondary N) is 1. The third-order valence-corrected chi connectivity index (χ3v) is 3.80. The molecule has 2 rings (SSSR count). The van der Waals surface area contributed by atoms with Gasteiger partial charge < -0.3 is 5.73 Å². The van der Waals surface area contributed by atoms with Crippen LogP contribution < -0.4 is 11.1 Å². The highest BCUT2D eigenvalue weighted by Crippen LogP contribution is 2.17. The molecule has 1 amide bonds. The lowest BCUT2D eigenvalue weighted by molar-refractivity contribution is 0.102. The molecule has 0 aliphatic rings. The Kier molecular flexibility index (Phi) is 5.60. The number of carbonyl (C=O) groups excluding carboxylic acids is 1. The van der Waals surface area contributed by atoms with Gasteiger partial charge in [-0.1, -0.05) is 18.3 Å². The van der Waals surface area contributed by atoms with Gasteiger partial charge in [0.2, 0.25) is 5.13 Å². The van der Waals surface area contributed by atoms with Crippen molar-refractivity contribution < 1.29 is 4.79 Å². The number of nitrogens with two attached hydrogens (primary N) is 1. The van der Waals surface area contributed by atoms with Crippen molar-refractivity contribution in [2.45, 2.75) is 19.9 Å². The lowest BCUT2D eigenvalue weighted by atomic mass is 10.4. The number of amides is 1. The molecule has 0 saturated carbocycles. The molecular formula is C9H12ClN5OS2. The summed E-state index contributed by atoms with van der Waals surface area (Å²) in [5.74, 6) is -0.278. The van der Waals surface area contributed by atoms with Crippen LogP contribution in [-0.4, -0.2) is 21.1 Å². The zero-order valence-corrected chi connectivity index (χ0v) is 12.0. The second kappa shape index (κ2) is 6.74. The van der Waals surface area contributed by atoms with E-state index in [1.165, 1.54) is 22.7 Å². The lowest BCUT2D eigenvalue weighted by Crippen LogP contribution is -2.12. The first-order valence-corrected chi connectivity index (χ1v) is 6.70. The van der Waals surface area contributed by atoms with Crippen LogP contribution in [0.15, 0.2) is 5.38 Å². The molecule has 0 radical (unpaired) electrons. The van der Waals surface area contributed by atoms with Gasteiger partial charge >= 0.3 is 0 Å². The van der Waals surface area contributed by atoms with Crippen molar-refractivity contribution >= 4 is 46.1 Å². The summed E-state index contributed by atoms with van der Waals surface area (Å²) in [6, 6.07) is 0. The summed E-state index contributed by atoms with van der Waals surface area (Å²) in [4.78, 5) is 15.9. The van der Waals surface area contributed by atoms with Gasteiger partial charge in [-0.25, -0.2) is 4.98 Å². The molecule has 0 spiro atoms. The van der Waals surface area contributed by atoms with E-state index < -0.39 is 0 Å². The van der Waals surface area contributed by atoms with Crippen LogP contribution in [0.25, 0.3) is 0 Å². The molecule has 0 fully saturated rings. The molecule has 0 atom stereocenters. The second-order valence-corrected chi connectivity index (χ2v) is 5.14. The molecule has 0 unspecified atom stereocenters. The predicted octanol–water partition coefficient (Wildman–Crippen LogP) is 1.69.